The highest BCUT2D eigenvalue weighted by molar-refractivity contribution is 7.98. The number of rotatable bonds is 6. The molecule has 3 rings (SSSR count). The molecule has 0 amide bonds. The molecule has 0 bridgehead atoms. The van der Waals surface area contributed by atoms with Crippen LogP contribution in [0.15, 0.2) is 64.9 Å². The zero-order chi connectivity index (χ0) is 16.8. The minimum atomic E-state index is 0.397. The number of hydrogen-bond donors (Lipinski definition) is 2. The second-order valence-corrected chi connectivity index (χ2v) is 6.18. The molecule has 0 aliphatic carbocycles. The number of aryl methyl sites for hydroxylation is 1. The van der Waals surface area contributed by atoms with Crippen LogP contribution in [0.2, 0.25) is 0 Å². The van der Waals surface area contributed by atoms with Gasteiger partial charge >= 0.3 is 0 Å². The summed E-state index contributed by atoms with van der Waals surface area (Å²) in [6.07, 6.45) is 1.70. The summed E-state index contributed by atoms with van der Waals surface area (Å²) in [7, 11) is 0. The predicted molar refractivity (Wildman–Crippen MR) is 98.6 cm³/mol. The number of nitrogens with zero attached hydrogens (tertiary/aromatic N) is 4. The van der Waals surface area contributed by atoms with Gasteiger partial charge in [0.1, 0.15) is 0 Å². The molecule has 2 aromatic carbocycles. The van der Waals surface area contributed by atoms with Gasteiger partial charge in [0.05, 0.1) is 6.21 Å². The monoisotopic (exact) mass is 338 g/mol. The fourth-order valence-electron chi connectivity index (χ4n) is 2.11. The molecule has 0 saturated heterocycles. The van der Waals surface area contributed by atoms with Crippen molar-refractivity contribution in [1.82, 2.24) is 14.9 Å². The average Bonchev–Trinajstić information content (AvgIpc) is 2.94. The number of hydrazone groups is 1. The molecular weight excluding hydrogens is 320 g/mol. The highest BCUT2D eigenvalue weighted by Crippen LogP contribution is 2.22. The van der Waals surface area contributed by atoms with E-state index in [2.05, 4.69) is 45.8 Å². The van der Waals surface area contributed by atoms with Crippen molar-refractivity contribution >= 4 is 23.9 Å². The van der Waals surface area contributed by atoms with Crippen LogP contribution in [0, 0.1) is 6.92 Å². The number of nitrogens with two attached hydrogens (primary N) is 1. The number of thioether (sulfide) groups is 1. The molecule has 0 unspecified atom stereocenters. The van der Waals surface area contributed by atoms with Gasteiger partial charge in [0.25, 0.3) is 5.95 Å². The van der Waals surface area contributed by atoms with Gasteiger partial charge in [-0.2, -0.15) is 5.10 Å². The third kappa shape index (κ3) is 4.14. The van der Waals surface area contributed by atoms with Crippen LogP contribution >= 0.6 is 11.8 Å². The summed E-state index contributed by atoms with van der Waals surface area (Å²) >= 11 is 1.53. The van der Waals surface area contributed by atoms with E-state index < -0.39 is 0 Å². The van der Waals surface area contributed by atoms with Crippen molar-refractivity contribution < 1.29 is 0 Å². The lowest BCUT2D eigenvalue weighted by atomic mass is 10.2. The van der Waals surface area contributed by atoms with Gasteiger partial charge < -0.3 is 5.84 Å². The summed E-state index contributed by atoms with van der Waals surface area (Å²) in [6, 6.07) is 18.1. The fourth-order valence-corrected chi connectivity index (χ4v) is 2.90. The maximum Gasteiger partial charge on any atom is 0.264 e. The lowest BCUT2D eigenvalue weighted by Crippen LogP contribution is -2.13. The first-order valence-corrected chi connectivity index (χ1v) is 8.44. The average molecular weight is 338 g/mol. The van der Waals surface area contributed by atoms with Gasteiger partial charge in [0.15, 0.2) is 0 Å². The summed E-state index contributed by atoms with van der Waals surface area (Å²) in [5.74, 6) is 7.19. The van der Waals surface area contributed by atoms with E-state index in [-0.39, 0.29) is 0 Å². The van der Waals surface area contributed by atoms with Crippen molar-refractivity contribution in [2.24, 2.45) is 5.10 Å². The van der Waals surface area contributed by atoms with Gasteiger partial charge in [-0.05, 0) is 18.1 Å². The maximum absolute atomic E-state index is 6.01. The van der Waals surface area contributed by atoms with Gasteiger partial charge in [-0.1, -0.05) is 71.9 Å². The molecule has 24 heavy (non-hydrogen) atoms. The van der Waals surface area contributed by atoms with Crippen LogP contribution in [0.3, 0.4) is 0 Å². The summed E-state index contributed by atoms with van der Waals surface area (Å²) < 4.78 is 1.41. The van der Waals surface area contributed by atoms with E-state index in [0.29, 0.717) is 11.1 Å². The lowest BCUT2D eigenvalue weighted by Gasteiger charge is -2.03. The highest BCUT2D eigenvalue weighted by Gasteiger charge is 2.09. The number of nitrogens with one attached hydrogen (secondary N) is 1. The summed E-state index contributed by atoms with van der Waals surface area (Å²) in [4.78, 5) is 0. The van der Waals surface area contributed by atoms with Gasteiger partial charge in [-0.15, -0.1) is 10.2 Å². The second kappa shape index (κ2) is 7.65. The fraction of sp³-hybridized carbons (Fsp3) is 0.118. The third-order valence-corrected chi connectivity index (χ3v) is 4.31. The number of aromatic nitrogens is 3. The molecule has 0 radical (unpaired) electrons. The highest BCUT2D eigenvalue weighted by atomic mass is 32.2. The van der Waals surface area contributed by atoms with E-state index in [0.717, 1.165) is 11.3 Å². The standard InChI is InChI=1S/C17H18N6S/c1-13-6-5-9-15(10-13)12-24-17-22-21-16(23(17)18)20-19-11-14-7-3-2-4-8-14/h2-11H,12,18H2,1H3,(H,20,21)/b19-11+. The van der Waals surface area contributed by atoms with E-state index >= 15 is 0 Å². The Morgan fingerprint density at radius 1 is 1.17 bits per heavy atom. The summed E-state index contributed by atoms with van der Waals surface area (Å²) in [5.41, 5.74) is 6.26. The molecule has 122 valence electrons. The topological polar surface area (TPSA) is 81.1 Å². The van der Waals surface area contributed by atoms with Gasteiger partial charge in [0, 0.05) is 5.75 Å². The molecule has 0 atom stereocenters. The Morgan fingerprint density at radius 2 is 2.00 bits per heavy atom. The molecule has 0 spiro atoms. The molecule has 6 nitrogen and oxygen atoms in total. The quantitative estimate of drug-likeness (QED) is 0.312. The molecule has 0 aliphatic heterocycles. The first-order valence-electron chi connectivity index (χ1n) is 7.45. The Hall–Kier alpha value is -2.80. The molecule has 1 heterocycles. The summed E-state index contributed by atoms with van der Waals surface area (Å²) in [5, 5.41) is 12.9. The van der Waals surface area contributed by atoms with Crippen LogP contribution in [0.1, 0.15) is 16.7 Å². The number of hydrogen-bond acceptors (Lipinski definition) is 6. The van der Waals surface area contributed by atoms with Crippen LogP contribution in [-0.2, 0) is 5.75 Å². The summed E-state index contributed by atoms with van der Waals surface area (Å²) in [6.45, 7) is 2.08. The van der Waals surface area contributed by atoms with Crippen molar-refractivity contribution in [2.45, 2.75) is 17.8 Å². The smallest absolute Gasteiger partial charge is 0.264 e. The Labute approximate surface area is 144 Å². The Balaban J connectivity index is 1.60. The van der Waals surface area contributed by atoms with Crippen molar-refractivity contribution in [3.05, 3.63) is 71.3 Å². The zero-order valence-electron chi connectivity index (χ0n) is 13.3. The third-order valence-electron chi connectivity index (χ3n) is 3.29. The number of benzene rings is 2. The molecule has 1 aromatic heterocycles. The van der Waals surface area contributed by atoms with E-state index in [1.807, 2.05) is 36.4 Å². The van der Waals surface area contributed by atoms with E-state index in [1.165, 1.54) is 27.6 Å². The lowest BCUT2D eigenvalue weighted by molar-refractivity contribution is 0.847. The Morgan fingerprint density at radius 3 is 2.79 bits per heavy atom. The molecular formula is C17H18N6S. The first-order chi connectivity index (χ1) is 11.7. The van der Waals surface area contributed by atoms with Gasteiger partial charge in [-0.25, -0.2) is 10.1 Å². The van der Waals surface area contributed by atoms with Crippen LogP contribution in [0.5, 0.6) is 0 Å². The van der Waals surface area contributed by atoms with Crippen LogP contribution in [0.25, 0.3) is 0 Å². The van der Waals surface area contributed by atoms with Crippen LogP contribution in [-0.4, -0.2) is 21.1 Å². The molecule has 0 saturated carbocycles. The second-order valence-electron chi connectivity index (χ2n) is 5.23. The first kappa shape index (κ1) is 16.1. The van der Waals surface area contributed by atoms with Crippen molar-refractivity contribution in [1.29, 1.82) is 0 Å². The molecule has 3 N–H and O–H groups in total. The van der Waals surface area contributed by atoms with Crippen molar-refractivity contribution in [2.75, 3.05) is 11.3 Å². The van der Waals surface area contributed by atoms with E-state index in [4.69, 9.17) is 5.84 Å². The Kier molecular flexibility index (Phi) is 5.12. The molecule has 0 aliphatic rings. The van der Waals surface area contributed by atoms with Crippen molar-refractivity contribution in [3.63, 3.8) is 0 Å². The zero-order valence-corrected chi connectivity index (χ0v) is 14.1. The van der Waals surface area contributed by atoms with E-state index in [1.54, 1.807) is 6.21 Å². The van der Waals surface area contributed by atoms with Gasteiger partial charge in [0.2, 0.25) is 5.16 Å². The number of nitrogen functional groups attached to an aromatic ring is 1. The van der Waals surface area contributed by atoms with Crippen LogP contribution in [0.4, 0.5) is 5.95 Å². The number of anilines is 1. The minimum absolute atomic E-state index is 0.397. The Bertz CT molecular complexity index is 828. The van der Waals surface area contributed by atoms with E-state index in [9.17, 15) is 0 Å². The molecule has 0 fully saturated rings. The molecule has 3 aromatic rings. The maximum atomic E-state index is 6.01. The van der Waals surface area contributed by atoms with Crippen LogP contribution < -0.4 is 11.3 Å². The minimum Gasteiger partial charge on any atom is -0.334 e. The largest absolute Gasteiger partial charge is 0.334 e. The normalized spacial score (nSPS) is 11.0. The molecule has 7 heteroatoms. The van der Waals surface area contributed by atoms with Gasteiger partial charge in [-0.3, -0.25) is 0 Å². The van der Waals surface area contributed by atoms with Crippen molar-refractivity contribution in [3.8, 4) is 0 Å². The predicted octanol–water partition coefficient (Wildman–Crippen LogP) is 3.04. The SMILES string of the molecule is Cc1cccc(CSc2nnc(N/N=C/c3ccccc3)n2N)c1.